The van der Waals surface area contributed by atoms with E-state index < -0.39 is 7.60 Å². The van der Waals surface area contributed by atoms with E-state index in [9.17, 15) is 4.57 Å². The molecule has 0 amide bonds. The van der Waals surface area contributed by atoms with Crippen molar-refractivity contribution < 1.29 is 23.8 Å². The standard InChI is InChI=1S/C12H19O5P/c13-8-4-10-16-18(15,17-11-5-9-14)12-6-2-1-3-7-12/h1-3,6-7,13-14H,4-5,8-11H2. The fourth-order valence-electron chi connectivity index (χ4n) is 1.30. The van der Waals surface area contributed by atoms with Gasteiger partial charge in [-0.3, -0.25) is 4.57 Å². The maximum atomic E-state index is 12.6. The van der Waals surface area contributed by atoms with E-state index in [-0.39, 0.29) is 26.4 Å². The first-order chi connectivity index (χ1) is 8.73. The minimum atomic E-state index is -3.35. The molecule has 102 valence electrons. The zero-order valence-electron chi connectivity index (χ0n) is 10.2. The van der Waals surface area contributed by atoms with Crippen molar-refractivity contribution in [2.24, 2.45) is 0 Å². The summed E-state index contributed by atoms with van der Waals surface area (Å²) in [6.07, 6.45) is 0.806. The molecule has 0 spiro atoms. The van der Waals surface area contributed by atoms with E-state index in [1.165, 1.54) is 0 Å². The van der Waals surface area contributed by atoms with Crippen molar-refractivity contribution in [2.75, 3.05) is 26.4 Å². The lowest BCUT2D eigenvalue weighted by Crippen LogP contribution is -2.12. The monoisotopic (exact) mass is 274 g/mol. The highest BCUT2D eigenvalue weighted by Gasteiger charge is 2.26. The van der Waals surface area contributed by atoms with Gasteiger partial charge >= 0.3 is 7.60 Å². The Bertz CT molecular complexity index is 354. The van der Waals surface area contributed by atoms with Crippen LogP contribution in [0.15, 0.2) is 30.3 Å². The molecule has 0 radical (unpaired) electrons. The zero-order valence-corrected chi connectivity index (χ0v) is 11.1. The first-order valence-corrected chi connectivity index (χ1v) is 7.43. The molecule has 0 fully saturated rings. The summed E-state index contributed by atoms with van der Waals surface area (Å²) in [5.74, 6) is 0. The minimum absolute atomic E-state index is 0.0224. The molecule has 0 saturated heterocycles. The van der Waals surface area contributed by atoms with Gasteiger partial charge in [0.05, 0.1) is 18.5 Å². The van der Waals surface area contributed by atoms with Crippen molar-refractivity contribution in [3.8, 4) is 0 Å². The highest BCUT2D eigenvalue weighted by molar-refractivity contribution is 7.62. The van der Waals surface area contributed by atoms with Crippen molar-refractivity contribution in [1.82, 2.24) is 0 Å². The fourth-order valence-corrected chi connectivity index (χ4v) is 2.94. The molecule has 0 aromatic heterocycles. The van der Waals surface area contributed by atoms with E-state index in [1.807, 2.05) is 6.07 Å². The quantitative estimate of drug-likeness (QED) is 0.524. The van der Waals surface area contributed by atoms with Gasteiger partial charge in [-0.2, -0.15) is 0 Å². The fraction of sp³-hybridized carbons (Fsp3) is 0.500. The molecular formula is C12H19O5P. The van der Waals surface area contributed by atoms with Gasteiger partial charge in [-0.05, 0) is 25.0 Å². The Hall–Kier alpha value is -0.710. The summed E-state index contributed by atoms with van der Waals surface area (Å²) < 4.78 is 23.1. The van der Waals surface area contributed by atoms with Gasteiger partial charge in [0.2, 0.25) is 0 Å². The normalized spacial score (nSPS) is 11.7. The predicted molar refractivity (Wildman–Crippen MR) is 69.0 cm³/mol. The number of aliphatic hydroxyl groups is 2. The topological polar surface area (TPSA) is 76.0 Å². The van der Waals surface area contributed by atoms with Gasteiger partial charge in [0.1, 0.15) is 0 Å². The summed E-state index contributed by atoms with van der Waals surface area (Å²) in [4.78, 5) is 0. The Morgan fingerprint density at radius 2 is 1.44 bits per heavy atom. The molecule has 0 unspecified atom stereocenters. The third kappa shape index (κ3) is 4.88. The maximum absolute atomic E-state index is 12.6. The van der Waals surface area contributed by atoms with Crippen LogP contribution in [0.25, 0.3) is 0 Å². The Kier molecular flexibility index (Phi) is 7.16. The van der Waals surface area contributed by atoms with Gasteiger partial charge in [0.25, 0.3) is 0 Å². The second kappa shape index (κ2) is 8.40. The summed E-state index contributed by atoms with van der Waals surface area (Å²) in [6.45, 7) is 0.292. The molecule has 0 saturated carbocycles. The first kappa shape index (κ1) is 15.3. The summed E-state index contributed by atoms with van der Waals surface area (Å²) in [7, 11) is -3.35. The van der Waals surface area contributed by atoms with Crippen molar-refractivity contribution in [2.45, 2.75) is 12.8 Å². The molecule has 0 aliphatic rings. The van der Waals surface area contributed by atoms with Gasteiger partial charge in [-0.1, -0.05) is 18.2 Å². The molecule has 6 heteroatoms. The Morgan fingerprint density at radius 3 is 1.89 bits per heavy atom. The lowest BCUT2D eigenvalue weighted by Gasteiger charge is -2.18. The van der Waals surface area contributed by atoms with E-state index in [1.54, 1.807) is 24.3 Å². The van der Waals surface area contributed by atoms with Crippen LogP contribution in [-0.2, 0) is 13.6 Å². The lowest BCUT2D eigenvalue weighted by atomic mass is 10.4. The second-order valence-electron chi connectivity index (χ2n) is 3.65. The third-order valence-corrected chi connectivity index (χ3v) is 4.18. The molecule has 1 rings (SSSR count). The van der Waals surface area contributed by atoms with E-state index in [2.05, 4.69) is 0 Å². The summed E-state index contributed by atoms with van der Waals surface area (Å²) in [5.41, 5.74) is 0. The van der Waals surface area contributed by atoms with E-state index >= 15 is 0 Å². The zero-order chi connectivity index (χ0) is 13.3. The van der Waals surface area contributed by atoms with E-state index in [4.69, 9.17) is 19.3 Å². The molecule has 5 nitrogen and oxygen atoms in total. The molecule has 1 aromatic rings. The van der Waals surface area contributed by atoms with Gasteiger partial charge in [0.15, 0.2) is 0 Å². The number of rotatable bonds is 9. The van der Waals surface area contributed by atoms with Crippen LogP contribution in [0.1, 0.15) is 12.8 Å². The average Bonchev–Trinajstić information content (AvgIpc) is 2.40. The molecule has 0 aliphatic heterocycles. The van der Waals surface area contributed by atoms with Crippen LogP contribution >= 0.6 is 7.60 Å². The van der Waals surface area contributed by atoms with E-state index in [0.29, 0.717) is 18.1 Å². The molecule has 0 bridgehead atoms. The number of aliphatic hydroxyl groups excluding tert-OH is 2. The van der Waals surface area contributed by atoms with E-state index in [0.717, 1.165) is 0 Å². The number of hydrogen-bond donors (Lipinski definition) is 2. The van der Waals surface area contributed by atoms with Crippen LogP contribution in [-0.4, -0.2) is 36.6 Å². The Morgan fingerprint density at radius 1 is 0.944 bits per heavy atom. The van der Waals surface area contributed by atoms with Gasteiger partial charge in [0, 0.05) is 13.2 Å². The predicted octanol–water partition coefficient (Wildman–Crippen LogP) is 1.30. The Balaban J connectivity index is 2.70. The molecule has 2 N–H and O–H groups in total. The lowest BCUT2D eigenvalue weighted by molar-refractivity contribution is 0.178. The van der Waals surface area contributed by atoms with Crippen LogP contribution in [0, 0.1) is 0 Å². The van der Waals surface area contributed by atoms with Crippen molar-refractivity contribution in [3.63, 3.8) is 0 Å². The Labute approximate surface area is 107 Å². The number of hydrogen-bond acceptors (Lipinski definition) is 5. The highest BCUT2D eigenvalue weighted by atomic mass is 31.2. The van der Waals surface area contributed by atoms with Crippen molar-refractivity contribution >= 4 is 12.9 Å². The molecule has 18 heavy (non-hydrogen) atoms. The first-order valence-electron chi connectivity index (χ1n) is 5.89. The highest BCUT2D eigenvalue weighted by Crippen LogP contribution is 2.47. The van der Waals surface area contributed by atoms with Gasteiger partial charge < -0.3 is 19.3 Å². The maximum Gasteiger partial charge on any atom is 0.361 e. The molecule has 1 aromatic carbocycles. The molecular weight excluding hydrogens is 255 g/mol. The van der Waals surface area contributed by atoms with Gasteiger partial charge in [-0.15, -0.1) is 0 Å². The summed E-state index contributed by atoms with van der Waals surface area (Å²) >= 11 is 0. The van der Waals surface area contributed by atoms with Crippen molar-refractivity contribution in [1.29, 1.82) is 0 Å². The average molecular weight is 274 g/mol. The van der Waals surface area contributed by atoms with Crippen LogP contribution < -0.4 is 5.30 Å². The van der Waals surface area contributed by atoms with Crippen molar-refractivity contribution in [3.05, 3.63) is 30.3 Å². The summed E-state index contributed by atoms with van der Waals surface area (Å²) in [6, 6.07) is 8.69. The van der Waals surface area contributed by atoms with Crippen LogP contribution in [0.4, 0.5) is 0 Å². The largest absolute Gasteiger partial charge is 0.396 e. The SMILES string of the molecule is O=P(OCCCO)(OCCCO)c1ccccc1. The molecule has 0 atom stereocenters. The van der Waals surface area contributed by atoms with Crippen LogP contribution in [0.3, 0.4) is 0 Å². The third-order valence-electron chi connectivity index (χ3n) is 2.20. The minimum Gasteiger partial charge on any atom is -0.396 e. The molecule has 0 aliphatic carbocycles. The number of benzene rings is 1. The molecule has 0 heterocycles. The van der Waals surface area contributed by atoms with Crippen LogP contribution in [0.5, 0.6) is 0 Å². The second-order valence-corrected chi connectivity index (χ2v) is 5.68. The van der Waals surface area contributed by atoms with Crippen LogP contribution in [0.2, 0.25) is 0 Å². The smallest absolute Gasteiger partial charge is 0.361 e. The van der Waals surface area contributed by atoms with Gasteiger partial charge in [-0.25, -0.2) is 0 Å². The summed E-state index contributed by atoms with van der Waals surface area (Å²) in [5, 5.41) is 17.9.